The molecule has 0 bridgehead atoms. The molecule has 1 aliphatic heterocycles. The molecule has 0 spiro atoms. The number of hydroxylamine groups is 1. The molecule has 84 valence electrons. The van der Waals surface area contributed by atoms with Crippen molar-refractivity contribution in [3.63, 3.8) is 0 Å². The average molecular weight is 212 g/mol. The van der Waals surface area contributed by atoms with Crippen molar-refractivity contribution in [1.29, 1.82) is 5.26 Å². The minimum atomic E-state index is -0.409. The van der Waals surface area contributed by atoms with Gasteiger partial charge in [-0.1, -0.05) is 0 Å². The van der Waals surface area contributed by atoms with Crippen LogP contribution in [0.25, 0.3) is 0 Å². The number of hydrogen-bond donors (Lipinski definition) is 2. The number of rotatable bonds is 4. The largest absolute Gasteiger partial charge is 0.369 e. The van der Waals surface area contributed by atoms with Crippen LogP contribution < -0.4 is 11.2 Å². The molecule has 6 heteroatoms. The number of primary amides is 1. The van der Waals surface area contributed by atoms with Gasteiger partial charge in [0.1, 0.15) is 0 Å². The van der Waals surface area contributed by atoms with E-state index in [1.165, 1.54) is 0 Å². The molecule has 1 unspecified atom stereocenters. The second-order valence-corrected chi connectivity index (χ2v) is 3.64. The van der Waals surface area contributed by atoms with Crippen molar-refractivity contribution in [3.8, 4) is 6.07 Å². The second kappa shape index (κ2) is 5.66. The predicted octanol–water partition coefficient (Wildman–Crippen LogP) is -1.02. The van der Waals surface area contributed by atoms with E-state index in [-0.39, 0.29) is 18.6 Å². The molecular weight excluding hydrogens is 196 g/mol. The molecule has 1 heterocycles. The van der Waals surface area contributed by atoms with Gasteiger partial charge in [0.05, 0.1) is 25.8 Å². The molecule has 0 aromatic heterocycles. The fourth-order valence-corrected chi connectivity index (χ4v) is 1.83. The molecule has 2 atom stereocenters. The van der Waals surface area contributed by atoms with Crippen LogP contribution in [-0.4, -0.2) is 43.1 Å². The van der Waals surface area contributed by atoms with E-state index in [4.69, 9.17) is 15.8 Å². The fourth-order valence-electron chi connectivity index (χ4n) is 1.83. The zero-order valence-corrected chi connectivity index (χ0v) is 8.77. The summed E-state index contributed by atoms with van der Waals surface area (Å²) in [6.07, 6.45) is 1.59. The SMILES string of the molecule is CON[C@@H]1CCC(C#N)N(CC(N)=O)C1. The lowest BCUT2D eigenvalue weighted by atomic mass is 9.99. The number of nitriles is 1. The smallest absolute Gasteiger partial charge is 0.231 e. The van der Waals surface area contributed by atoms with Crippen LogP contribution in [-0.2, 0) is 9.63 Å². The fraction of sp³-hybridized carbons (Fsp3) is 0.778. The van der Waals surface area contributed by atoms with Crippen LogP contribution in [0.5, 0.6) is 0 Å². The molecule has 6 nitrogen and oxygen atoms in total. The Hall–Kier alpha value is -1.16. The quantitative estimate of drug-likeness (QED) is 0.582. The van der Waals surface area contributed by atoms with Gasteiger partial charge in [-0.15, -0.1) is 0 Å². The number of nitrogens with two attached hydrogens (primary N) is 1. The van der Waals surface area contributed by atoms with Crippen LogP contribution in [0.4, 0.5) is 0 Å². The monoisotopic (exact) mass is 212 g/mol. The van der Waals surface area contributed by atoms with E-state index in [1.54, 1.807) is 12.0 Å². The third kappa shape index (κ3) is 3.47. The number of piperidine rings is 1. The normalized spacial score (nSPS) is 27.2. The molecule has 0 radical (unpaired) electrons. The van der Waals surface area contributed by atoms with Crippen LogP contribution in [0, 0.1) is 11.3 Å². The Bertz CT molecular complexity index is 263. The van der Waals surface area contributed by atoms with Crippen LogP contribution in [0.15, 0.2) is 0 Å². The van der Waals surface area contributed by atoms with E-state index >= 15 is 0 Å². The summed E-state index contributed by atoms with van der Waals surface area (Å²) < 4.78 is 0. The van der Waals surface area contributed by atoms with Crippen LogP contribution >= 0.6 is 0 Å². The van der Waals surface area contributed by atoms with Gasteiger partial charge in [0.15, 0.2) is 0 Å². The number of nitrogens with one attached hydrogen (secondary N) is 1. The zero-order chi connectivity index (χ0) is 11.3. The Morgan fingerprint density at radius 2 is 2.47 bits per heavy atom. The highest BCUT2D eigenvalue weighted by Gasteiger charge is 2.28. The summed E-state index contributed by atoms with van der Waals surface area (Å²) in [5.41, 5.74) is 7.95. The minimum Gasteiger partial charge on any atom is -0.369 e. The van der Waals surface area contributed by atoms with Crippen molar-refractivity contribution in [3.05, 3.63) is 0 Å². The van der Waals surface area contributed by atoms with E-state index < -0.39 is 5.91 Å². The molecule has 0 aromatic rings. The Kier molecular flexibility index (Phi) is 4.49. The summed E-state index contributed by atoms with van der Waals surface area (Å²) in [5.74, 6) is -0.409. The molecule has 1 fully saturated rings. The van der Waals surface area contributed by atoms with Gasteiger partial charge in [-0.2, -0.15) is 10.7 Å². The average Bonchev–Trinajstić information content (AvgIpc) is 2.18. The van der Waals surface area contributed by atoms with Gasteiger partial charge >= 0.3 is 0 Å². The number of hydrogen-bond acceptors (Lipinski definition) is 5. The highest BCUT2D eigenvalue weighted by Crippen LogP contribution is 2.16. The van der Waals surface area contributed by atoms with Gasteiger partial charge < -0.3 is 10.6 Å². The van der Waals surface area contributed by atoms with Crippen molar-refractivity contribution in [1.82, 2.24) is 10.4 Å². The van der Waals surface area contributed by atoms with E-state index in [9.17, 15) is 4.79 Å². The van der Waals surface area contributed by atoms with Crippen molar-refractivity contribution in [2.75, 3.05) is 20.2 Å². The van der Waals surface area contributed by atoms with Crippen molar-refractivity contribution in [2.45, 2.75) is 24.9 Å². The lowest BCUT2D eigenvalue weighted by molar-refractivity contribution is -0.120. The first-order valence-corrected chi connectivity index (χ1v) is 4.88. The lowest BCUT2D eigenvalue weighted by Crippen LogP contribution is -2.52. The zero-order valence-electron chi connectivity index (χ0n) is 8.77. The summed E-state index contributed by atoms with van der Waals surface area (Å²) in [6, 6.07) is 2.11. The molecule has 1 saturated heterocycles. The highest BCUT2D eigenvalue weighted by molar-refractivity contribution is 5.76. The maximum atomic E-state index is 10.8. The summed E-state index contributed by atoms with van der Waals surface area (Å²) in [5, 5.41) is 8.90. The van der Waals surface area contributed by atoms with E-state index in [0.29, 0.717) is 6.54 Å². The molecule has 0 aliphatic carbocycles. The number of amides is 1. The van der Waals surface area contributed by atoms with Gasteiger partial charge in [0, 0.05) is 12.6 Å². The van der Waals surface area contributed by atoms with Gasteiger partial charge in [0.2, 0.25) is 5.91 Å². The van der Waals surface area contributed by atoms with Gasteiger partial charge in [-0.25, -0.2) is 0 Å². The Morgan fingerprint density at radius 1 is 1.73 bits per heavy atom. The van der Waals surface area contributed by atoms with Gasteiger partial charge in [-0.3, -0.25) is 9.69 Å². The Labute approximate surface area is 88.9 Å². The topological polar surface area (TPSA) is 91.4 Å². The number of likely N-dealkylation sites (tertiary alicyclic amines) is 1. The molecule has 1 aliphatic rings. The second-order valence-electron chi connectivity index (χ2n) is 3.64. The first kappa shape index (κ1) is 11.9. The van der Waals surface area contributed by atoms with E-state index in [0.717, 1.165) is 12.8 Å². The number of carbonyl (C=O) groups excluding carboxylic acids is 1. The van der Waals surface area contributed by atoms with Gasteiger partial charge in [0.25, 0.3) is 0 Å². The van der Waals surface area contributed by atoms with Crippen LogP contribution in [0.3, 0.4) is 0 Å². The molecule has 0 saturated carbocycles. The molecule has 15 heavy (non-hydrogen) atoms. The Balaban J connectivity index is 2.53. The predicted molar refractivity (Wildman–Crippen MR) is 53.3 cm³/mol. The lowest BCUT2D eigenvalue weighted by Gasteiger charge is -2.35. The van der Waals surface area contributed by atoms with Crippen molar-refractivity contribution >= 4 is 5.91 Å². The third-order valence-electron chi connectivity index (χ3n) is 2.48. The van der Waals surface area contributed by atoms with Crippen LogP contribution in [0.1, 0.15) is 12.8 Å². The number of carbonyl (C=O) groups is 1. The maximum Gasteiger partial charge on any atom is 0.231 e. The minimum absolute atomic E-state index is 0.125. The van der Waals surface area contributed by atoms with E-state index in [2.05, 4.69) is 11.5 Å². The first-order valence-electron chi connectivity index (χ1n) is 4.88. The third-order valence-corrected chi connectivity index (χ3v) is 2.48. The standard InChI is InChI=1S/C9H16N4O2/c1-15-12-7-2-3-8(4-10)13(5-7)6-9(11)14/h7-8,12H,2-3,5-6H2,1H3,(H2,11,14)/t7-,8?/m1/s1. The van der Waals surface area contributed by atoms with Crippen molar-refractivity contribution < 1.29 is 9.63 Å². The molecule has 1 rings (SSSR count). The molecule has 1 amide bonds. The maximum absolute atomic E-state index is 10.8. The Morgan fingerprint density at radius 3 is 3.00 bits per heavy atom. The molecule has 3 N–H and O–H groups in total. The number of nitrogens with zero attached hydrogens (tertiary/aromatic N) is 2. The first-order chi connectivity index (χ1) is 7.17. The summed E-state index contributed by atoms with van der Waals surface area (Å²) in [4.78, 5) is 17.4. The van der Waals surface area contributed by atoms with Crippen molar-refractivity contribution in [2.24, 2.45) is 5.73 Å². The molecular formula is C9H16N4O2. The molecule has 0 aromatic carbocycles. The summed E-state index contributed by atoms with van der Waals surface area (Å²) in [7, 11) is 1.55. The van der Waals surface area contributed by atoms with Gasteiger partial charge in [-0.05, 0) is 12.8 Å². The van der Waals surface area contributed by atoms with E-state index in [1.807, 2.05) is 0 Å². The van der Waals surface area contributed by atoms with Crippen LogP contribution in [0.2, 0.25) is 0 Å². The summed E-state index contributed by atoms with van der Waals surface area (Å²) in [6.45, 7) is 0.731. The highest BCUT2D eigenvalue weighted by atomic mass is 16.6. The summed E-state index contributed by atoms with van der Waals surface area (Å²) >= 11 is 0.